The molecule has 1 atom stereocenters. The summed E-state index contributed by atoms with van der Waals surface area (Å²) in [5.41, 5.74) is 1.58. The van der Waals surface area contributed by atoms with E-state index in [1.54, 1.807) is 39.0 Å². The van der Waals surface area contributed by atoms with Crippen molar-refractivity contribution in [3.05, 3.63) is 51.2 Å². The lowest BCUT2D eigenvalue weighted by molar-refractivity contribution is -0.160. The van der Waals surface area contributed by atoms with Crippen LogP contribution >= 0.6 is 11.3 Å². The van der Waals surface area contributed by atoms with Gasteiger partial charge in [-0.25, -0.2) is 4.79 Å². The van der Waals surface area contributed by atoms with Crippen LogP contribution in [0.3, 0.4) is 0 Å². The Kier molecular flexibility index (Phi) is 7.94. The third-order valence-corrected chi connectivity index (χ3v) is 6.41. The quantitative estimate of drug-likeness (QED) is 0.567. The fourth-order valence-corrected chi connectivity index (χ4v) is 4.84. The van der Waals surface area contributed by atoms with Gasteiger partial charge < -0.3 is 19.5 Å². The molecule has 0 saturated heterocycles. The standard InChI is InChI=1S/C27H35NO6S/c1-26(2,3)33-23(30)15-28(14-17-11-22(35-16-17)25(32)34-27(4,5)6)24(31)20-8-7-19-13-21(29)10-9-18(19)12-20/h9-11,13,16,20,29H,7-8,12,14-15H2,1-6H3. The molecule has 1 aromatic heterocycles. The van der Waals surface area contributed by atoms with Gasteiger partial charge in [-0.3, -0.25) is 9.59 Å². The Morgan fingerprint density at radius 2 is 1.71 bits per heavy atom. The van der Waals surface area contributed by atoms with Gasteiger partial charge in [0.15, 0.2) is 0 Å². The third kappa shape index (κ3) is 7.82. The average molecular weight is 502 g/mol. The molecule has 0 radical (unpaired) electrons. The number of thiophene rings is 1. The van der Waals surface area contributed by atoms with Crippen LogP contribution in [-0.2, 0) is 38.4 Å². The van der Waals surface area contributed by atoms with Crippen molar-refractivity contribution in [2.45, 2.75) is 78.6 Å². The van der Waals surface area contributed by atoms with Crippen molar-refractivity contribution in [3.8, 4) is 5.75 Å². The second-order valence-electron chi connectivity index (χ2n) is 11.0. The maximum atomic E-state index is 13.6. The summed E-state index contributed by atoms with van der Waals surface area (Å²) in [5.74, 6) is -1.07. The summed E-state index contributed by atoms with van der Waals surface area (Å²) in [7, 11) is 0. The van der Waals surface area contributed by atoms with Crippen LogP contribution in [0.5, 0.6) is 5.75 Å². The lowest BCUT2D eigenvalue weighted by Gasteiger charge is -2.30. The molecular formula is C27H35NO6S. The Morgan fingerprint density at radius 1 is 1.03 bits per heavy atom. The fraction of sp³-hybridized carbons (Fsp3) is 0.519. The smallest absolute Gasteiger partial charge is 0.348 e. The van der Waals surface area contributed by atoms with E-state index in [1.165, 1.54) is 16.2 Å². The topological polar surface area (TPSA) is 93.1 Å². The molecule has 1 unspecified atom stereocenters. The molecule has 1 aliphatic carbocycles. The zero-order chi connectivity index (χ0) is 26.0. The molecule has 3 rings (SSSR count). The monoisotopic (exact) mass is 501 g/mol. The van der Waals surface area contributed by atoms with Crippen molar-refractivity contribution < 1.29 is 29.0 Å². The van der Waals surface area contributed by atoms with Gasteiger partial charge in [0.25, 0.3) is 0 Å². The molecule has 7 nitrogen and oxygen atoms in total. The number of carbonyl (C=O) groups is 3. The number of nitrogens with zero attached hydrogens (tertiary/aromatic N) is 1. The molecular weight excluding hydrogens is 466 g/mol. The first-order valence-corrected chi connectivity index (χ1v) is 12.7. The maximum Gasteiger partial charge on any atom is 0.348 e. The highest BCUT2D eigenvalue weighted by molar-refractivity contribution is 7.12. The number of esters is 2. The first kappa shape index (κ1) is 26.7. The third-order valence-electron chi connectivity index (χ3n) is 5.45. The fourth-order valence-electron chi connectivity index (χ4n) is 4.07. The van der Waals surface area contributed by atoms with Gasteiger partial charge in [-0.05, 0) is 101 Å². The van der Waals surface area contributed by atoms with Gasteiger partial charge in [-0.2, -0.15) is 0 Å². The minimum atomic E-state index is -0.663. The van der Waals surface area contributed by atoms with Crippen molar-refractivity contribution >= 4 is 29.2 Å². The number of amides is 1. The second-order valence-corrected chi connectivity index (χ2v) is 11.9. The normalized spacial score (nSPS) is 15.8. The Balaban J connectivity index is 1.78. The number of carbonyl (C=O) groups excluding carboxylic acids is 3. The summed E-state index contributed by atoms with van der Waals surface area (Å²) in [6.07, 6.45) is 1.86. The summed E-state index contributed by atoms with van der Waals surface area (Å²) in [4.78, 5) is 40.6. The van der Waals surface area contributed by atoms with Crippen molar-refractivity contribution in [1.29, 1.82) is 0 Å². The summed E-state index contributed by atoms with van der Waals surface area (Å²) < 4.78 is 10.9. The SMILES string of the molecule is CC(C)(C)OC(=O)CN(Cc1csc(C(=O)OC(C)(C)C)c1)C(=O)C1CCc2cc(O)ccc2C1. The van der Waals surface area contributed by atoms with Gasteiger partial charge >= 0.3 is 11.9 Å². The zero-order valence-corrected chi connectivity index (χ0v) is 22.2. The van der Waals surface area contributed by atoms with Crippen LogP contribution in [0.4, 0.5) is 0 Å². The van der Waals surface area contributed by atoms with Crippen molar-refractivity contribution in [3.63, 3.8) is 0 Å². The summed E-state index contributed by atoms with van der Waals surface area (Å²) in [5, 5.41) is 11.6. The second kappa shape index (κ2) is 10.4. The van der Waals surface area contributed by atoms with Gasteiger partial charge in [0.05, 0.1) is 0 Å². The van der Waals surface area contributed by atoms with E-state index in [9.17, 15) is 19.5 Å². The average Bonchev–Trinajstić information content (AvgIpc) is 3.18. The minimum Gasteiger partial charge on any atom is -0.508 e. The molecule has 1 heterocycles. The Hall–Kier alpha value is -2.87. The Labute approximate surface area is 211 Å². The van der Waals surface area contributed by atoms with Crippen LogP contribution in [0.2, 0.25) is 0 Å². The number of benzene rings is 1. The number of phenolic OH excluding ortho intramolecular Hbond substituents is 1. The molecule has 0 bridgehead atoms. The Bertz CT molecular complexity index is 1090. The highest BCUT2D eigenvalue weighted by Gasteiger charge is 2.31. The molecule has 1 aromatic carbocycles. The van der Waals surface area contributed by atoms with E-state index < -0.39 is 23.1 Å². The number of hydrogen-bond acceptors (Lipinski definition) is 7. The number of phenols is 1. The Morgan fingerprint density at radius 3 is 2.37 bits per heavy atom. The van der Waals surface area contributed by atoms with E-state index in [-0.39, 0.29) is 30.7 Å². The summed E-state index contributed by atoms with van der Waals surface area (Å²) in [6.45, 7) is 10.8. The summed E-state index contributed by atoms with van der Waals surface area (Å²) >= 11 is 1.26. The van der Waals surface area contributed by atoms with Gasteiger partial charge in [-0.15, -0.1) is 11.3 Å². The van der Waals surface area contributed by atoms with Crippen LogP contribution in [0.25, 0.3) is 0 Å². The van der Waals surface area contributed by atoms with Gasteiger partial charge in [0.1, 0.15) is 28.4 Å². The van der Waals surface area contributed by atoms with E-state index in [2.05, 4.69) is 0 Å². The van der Waals surface area contributed by atoms with E-state index in [1.807, 2.05) is 32.2 Å². The predicted molar refractivity (Wildman–Crippen MR) is 134 cm³/mol. The lowest BCUT2D eigenvalue weighted by atomic mass is 9.83. The molecule has 190 valence electrons. The molecule has 0 aliphatic heterocycles. The van der Waals surface area contributed by atoms with Crippen molar-refractivity contribution in [2.24, 2.45) is 5.92 Å². The van der Waals surface area contributed by atoms with E-state index in [0.717, 1.165) is 16.7 Å². The largest absolute Gasteiger partial charge is 0.508 e. The zero-order valence-electron chi connectivity index (χ0n) is 21.3. The van der Waals surface area contributed by atoms with Crippen LogP contribution in [0, 0.1) is 5.92 Å². The molecule has 0 saturated carbocycles. The van der Waals surface area contributed by atoms with E-state index >= 15 is 0 Å². The number of aromatic hydroxyl groups is 1. The number of aryl methyl sites for hydroxylation is 1. The highest BCUT2D eigenvalue weighted by Crippen LogP contribution is 2.30. The first-order chi connectivity index (χ1) is 16.2. The molecule has 1 N–H and O–H groups in total. The summed E-state index contributed by atoms with van der Waals surface area (Å²) in [6, 6.07) is 6.95. The maximum absolute atomic E-state index is 13.6. The predicted octanol–water partition coefficient (Wildman–Crippen LogP) is 4.88. The number of ether oxygens (including phenoxy) is 2. The van der Waals surface area contributed by atoms with Crippen molar-refractivity contribution in [2.75, 3.05) is 6.54 Å². The molecule has 2 aromatic rings. The molecule has 8 heteroatoms. The van der Waals surface area contributed by atoms with Crippen LogP contribution in [-0.4, -0.2) is 45.6 Å². The van der Waals surface area contributed by atoms with Gasteiger partial charge in [0, 0.05) is 12.5 Å². The first-order valence-electron chi connectivity index (χ1n) is 11.8. The lowest BCUT2D eigenvalue weighted by Crippen LogP contribution is -2.42. The van der Waals surface area contributed by atoms with Crippen molar-refractivity contribution in [1.82, 2.24) is 4.90 Å². The number of fused-ring (bicyclic) bond motifs is 1. The molecule has 35 heavy (non-hydrogen) atoms. The van der Waals surface area contributed by atoms with E-state index in [0.29, 0.717) is 24.1 Å². The number of rotatable bonds is 6. The minimum absolute atomic E-state index is 0.125. The molecule has 0 spiro atoms. The van der Waals surface area contributed by atoms with Gasteiger partial charge in [-0.1, -0.05) is 6.07 Å². The molecule has 1 aliphatic rings. The van der Waals surface area contributed by atoms with Crippen LogP contribution in [0.15, 0.2) is 29.6 Å². The number of hydrogen-bond donors (Lipinski definition) is 1. The van der Waals surface area contributed by atoms with E-state index in [4.69, 9.17) is 9.47 Å². The highest BCUT2D eigenvalue weighted by atomic mass is 32.1. The molecule has 0 fully saturated rings. The molecule has 1 amide bonds. The van der Waals surface area contributed by atoms with Crippen LogP contribution in [0.1, 0.15) is 74.3 Å². The van der Waals surface area contributed by atoms with Crippen LogP contribution < -0.4 is 0 Å². The van der Waals surface area contributed by atoms with Gasteiger partial charge in [0.2, 0.25) is 5.91 Å².